The van der Waals surface area contributed by atoms with Gasteiger partial charge < -0.3 is 0 Å². The Morgan fingerprint density at radius 3 is 2.40 bits per heavy atom. The second-order valence-corrected chi connectivity index (χ2v) is 4.41. The van der Waals surface area contributed by atoms with Crippen LogP contribution in [-0.2, 0) is 10.1 Å². The van der Waals surface area contributed by atoms with Crippen molar-refractivity contribution in [2.75, 3.05) is 0 Å². The Hall–Kier alpha value is -0.390. The van der Waals surface area contributed by atoms with Gasteiger partial charge in [-0.2, -0.15) is 8.42 Å². The molecule has 0 saturated heterocycles. The molecule has 0 fully saturated rings. The van der Waals surface area contributed by atoms with Crippen molar-refractivity contribution in [2.24, 2.45) is 0 Å². The number of hydrogen-bond donors (Lipinski definition) is 1. The minimum atomic E-state index is -3.97. The van der Waals surface area contributed by atoms with Crippen molar-refractivity contribution in [2.45, 2.75) is 11.8 Å². The smallest absolute Gasteiger partial charge is 0.282 e. The molecule has 0 aliphatic rings. The molecule has 0 aliphatic carbocycles. The van der Waals surface area contributed by atoms with Gasteiger partial charge in [0.2, 0.25) is 0 Å². The van der Waals surface area contributed by atoms with E-state index in [2.05, 4.69) is 0 Å². The van der Waals surface area contributed by atoms with E-state index in [9.17, 15) is 8.42 Å². The molecule has 56 valence electrons. The summed E-state index contributed by atoms with van der Waals surface area (Å²) >= 11 is 1.29. The van der Waals surface area contributed by atoms with E-state index in [1.165, 1.54) is 22.8 Å². The molecule has 1 heterocycles. The van der Waals surface area contributed by atoms with Gasteiger partial charge in [-0.3, -0.25) is 4.55 Å². The van der Waals surface area contributed by atoms with Crippen LogP contribution in [0.15, 0.2) is 16.3 Å². The molecular weight excluding hydrogens is 172 g/mol. The first-order valence-corrected chi connectivity index (χ1v) is 4.85. The first kappa shape index (κ1) is 7.71. The van der Waals surface area contributed by atoms with E-state index in [0.717, 1.165) is 4.88 Å². The minimum Gasteiger partial charge on any atom is -0.282 e. The highest BCUT2D eigenvalue weighted by atomic mass is 32.2. The van der Waals surface area contributed by atoms with E-state index in [4.69, 9.17) is 4.55 Å². The third kappa shape index (κ3) is 1.56. The lowest BCUT2D eigenvalue weighted by atomic mass is 10.5. The van der Waals surface area contributed by atoms with Gasteiger partial charge in [0, 0.05) is 10.3 Å². The van der Waals surface area contributed by atoms with Crippen LogP contribution in [0.5, 0.6) is 0 Å². The Morgan fingerprint density at radius 1 is 1.60 bits per heavy atom. The van der Waals surface area contributed by atoms with Crippen LogP contribution in [0.2, 0.25) is 0 Å². The van der Waals surface area contributed by atoms with Crippen molar-refractivity contribution in [1.29, 1.82) is 0 Å². The summed E-state index contributed by atoms with van der Waals surface area (Å²) in [5.41, 5.74) is 0. The summed E-state index contributed by atoms with van der Waals surface area (Å²) in [6, 6.07) is 1.43. The first-order valence-electron chi connectivity index (χ1n) is 2.53. The molecule has 10 heavy (non-hydrogen) atoms. The van der Waals surface area contributed by atoms with E-state index < -0.39 is 10.1 Å². The molecule has 0 saturated carbocycles. The average Bonchev–Trinajstić information content (AvgIpc) is 2.11. The van der Waals surface area contributed by atoms with Crippen molar-refractivity contribution >= 4 is 21.5 Å². The lowest BCUT2D eigenvalue weighted by molar-refractivity contribution is 0.483. The molecule has 3 nitrogen and oxygen atoms in total. The molecular formula is C5H6O3S2. The van der Waals surface area contributed by atoms with Gasteiger partial charge in [-0.1, -0.05) is 0 Å². The fourth-order valence-electron chi connectivity index (χ4n) is 0.555. The zero-order chi connectivity index (χ0) is 7.78. The molecule has 0 unspecified atom stereocenters. The minimum absolute atomic E-state index is 0.0185. The molecule has 0 bridgehead atoms. The monoisotopic (exact) mass is 178 g/mol. The highest BCUT2D eigenvalue weighted by Gasteiger charge is 2.09. The van der Waals surface area contributed by atoms with E-state index in [0.29, 0.717) is 0 Å². The van der Waals surface area contributed by atoms with E-state index in [1.54, 1.807) is 6.92 Å². The summed E-state index contributed by atoms with van der Waals surface area (Å²) in [6.07, 6.45) is 0. The summed E-state index contributed by atoms with van der Waals surface area (Å²) in [4.78, 5) is 0.850. The van der Waals surface area contributed by atoms with E-state index >= 15 is 0 Å². The van der Waals surface area contributed by atoms with Crippen molar-refractivity contribution in [3.63, 3.8) is 0 Å². The Kier molecular flexibility index (Phi) is 1.80. The number of hydrogen-bond acceptors (Lipinski definition) is 3. The van der Waals surface area contributed by atoms with Crippen molar-refractivity contribution < 1.29 is 13.0 Å². The second kappa shape index (κ2) is 2.34. The second-order valence-electron chi connectivity index (χ2n) is 1.87. The lowest BCUT2D eigenvalue weighted by Gasteiger charge is -1.85. The number of thiophene rings is 1. The SMILES string of the molecule is Cc1cc(S(=O)(=O)O)cs1. The Balaban J connectivity index is 3.21. The van der Waals surface area contributed by atoms with Gasteiger partial charge in [-0.25, -0.2) is 0 Å². The summed E-state index contributed by atoms with van der Waals surface area (Å²) in [7, 11) is -3.97. The van der Waals surface area contributed by atoms with Crippen LogP contribution < -0.4 is 0 Å². The van der Waals surface area contributed by atoms with Gasteiger partial charge in [-0.05, 0) is 13.0 Å². The molecule has 0 radical (unpaired) electrons. The summed E-state index contributed by atoms with van der Waals surface area (Å²) in [5.74, 6) is 0. The molecule has 0 aliphatic heterocycles. The van der Waals surface area contributed by atoms with Gasteiger partial charge in [0.15, 0.2) is 0 Å². The highest BCUT2D eigenvalue weighted by molar-refractivity contribution is 7.86. The fraction of sp³-hybridized carbons (Fsp3) is 0.200. The van der Waals surface area contributed by atoms with E-state index in [1.807, 2.05) is 0 Å². The van der Waals surface area contributed by atoms with E-state index in [-0.39, 0.29) is 4.90 Å². The summed E-state index contributed by atoms with van der Waals surface area (Å²) < 4.78 is 29.3. The predicted octanol–water partition coefficient (Wildman–Crippen LogP) is 1.30. The predicted molar refractivity (Wildman–Crippen MR) is 38.9 cm³/mol. The van der Waals surface area contributed by atoms with Gasteiger partial charge in [0.05, 0.1) is 0 Å². The van der Waals surface area contributed by atoms with Crippen LogP contribution in [-0.4, -0.2) is 13.0 Å². The maximum atomic E-state index is 10.4. The first-order chi connectivity index (χ1) is 4.50. The van der Waals surface area contributed by atoms with Gasteiger partial charge in [-0.15, -0.1) is 11.3 Å². The largest absolute Gasteiger partial charge is 0.295 e. The molecule has 0 aromatic carbocycles. The average molecular weight is 178 g/mol. The summed E-state index contributed by atoms with van der Waals surface area (Å²) in [6.45, 7) is 1.78. The van der Waals surface area contributed by atoms with Crippen LogP contribution in [0, 0.1) is 6.92 Å². The maximum Gasteiger partial charge on any atom is 0.295 e. The third-order valence-electron chi connectivity index (χ3n) is 1.00. The zero-order valence-electron chi connectivity index (χ0n) is 5.23. The maximum absolute atomic E-state index is 10.4. The van der Waals surface area contributed by atoms with Crippen LogP contribution in [0.1, 0.15) is 4.88 Å². The van der Waals surface area contributed by atoms with Crippen molar-refractivity contribution in [3.05, 3.63) is 16.3 Å². The van der Waals surface area contributed by atoms with Gasteiger partial charge >= 0.3 is 0 Å². The van der Waals surface area contributed by atoms with Crippen LogP contribution in [0.25, 0.3) is 0 Å². The fourth-order valence-corrected chi connectivity index (χ4v) is 2.15. The molecule has 1 aromatic heterocycles. The Labute approximate surface area is 63.1 Å². The molecule has 0 atom stereocenters. The van der Waals surface area contributed by atoms with Crippen molar-refractivity contribution in [1.82, 2.24) is 0 Å². The highest BCUT2D eigenvalue weighted by Crippen LogP contribution is 2.17. The molecule has 1 aromatic rings. The quantitative estimate of drug-likeness (QED) is 0.659. The number of rotatable bonds is 1. The molecule has 1 N–H and O–H groups in total. The topological polar surface area (TPSA) is 54.4 Å². The van der Waals surface area contributed by atoms with Gasteiger partial charge in [0.25, 0.3) is 10.1 Å². The third-order valence-corrected chi connectivity index (χ3v) is 2.85. The normalized spacial score (nSPS) is 11.8. The molecule has 0 amide bonds. The zero-order valence-corrected chi connectivity index (χ0v) is 6.87. The molecule has 1 rings (SSSR count). The van der Waals surface area contributed by atoms with Gasteiger partial charge in [0.1, 0.15) is 4.90 Å². The molecule has 5 heteroatoms. The molecule has 0 spiro atoms. The van der Waals surface area contributed by atoms with Crippen LogP contribution in [0.4, 0.5) is 0 Å². The Morgan fingerprint density at radius 2 is 2.20 bits per heavy atom. The van der Waals surface area contributed by atoms with Crippen LogP contribution in [0.3, 0.4) is 0 Å². The Bertz CT molecular complexity index is 322. The van der Waals surface area contributed by atoms with Crippen molar-refractivity contribution in [3.8, 4) is 0 Å². The number of aryl methyl sites for hydroxylation is 1. The lowest BCUT2D eigenvalue weighted by Crippen LogP contribution is -1.94. The van der Waals surface area contributed by atoms with Crippen LogP contribution >= 0.6 is 11.3 Å². The standard InChI is InChI=1S/C5H6O3S2/c1-4-2-5(3-9-4)10(6,7)8/h2-3H,1H3,(H,6,7,8). The summed E-state index contributed by atoms with van der Waals surface area (Å²) in [5, 5.41) is 1.41.